The zero-order chi connectivity index (χ0) is 13.1. The predicted molar refractivity (Wildman–Crippen MR) is 74.9 cm³/mol. The molecule has 0 spiro atoms. The van der Waals surface area contributed by atoms with E-state index in [0.717, 1.165) is 22.1 Å². The number of rotatable bonds is 4. The van der Waals surface area contributed by atoms with Gasteiger partial charge in [0.05, 0.1) is 6.26 Å². The fraction of sp³-hybridized carbons (Fsp3) is 0.125. The molecule has 3 nitrogen and oxygen atoms in total. The molecule has 3 aromatic rings. The quantitative estimate of drug-likeness (QED) is 0.748. The number of nitrogens with one attached hydrogen (secondary N) is 1. The Bertz CT molecular complexity index is 688. The minimum absolute atomic E-state index is 0.326. The van der Waals surface area contributed by atoms with E-state index in [1.54, 1.807) is 12.3 Å². The number of phenols is 1. The van der Waals surface area contributed by atoms with Crippen molar-refractivity contribution >= 4 is 11.0 Å². The molecule has 0 atom stereocenters. The molecule has 3 rings (SSSR count). The summed E-state index contributed by atoms with van der Waals surface area (Å²) in [6.45, 7) is 1.34. The van der Waals surface area contributed by atoms with Gasteiger partial charge in [0.15, 0.2) is 0 Å². The number of furan rings is 1. The number of para-hydroxylation sites is 2. The molecule has 0 aliphatic carbocycles. The third-order valence-corrected chi connectivity index (χ3v) is 3.18. The lowest BCUT2D eigenvalue weighted by Crippen LogP contribution is -2.12. The first-order chi connectivity index (χ1) is 9.34. The summed E-state index contributed by atoms with van der Waals surface area (Å²) in [5, 5.41) is 14.1. The van der Waals surface area contributed by atoms with Crippen LogP contribution in [0, 0.1) is 0 Å². The molecule has 0 fully saturated rings. The monoisotopic (exact) mass is 253 g/mol. The van der Waals surface area contributed by atoms with Crippen LogP contribution in [0.3, 0.4) is 0 Å². The fourth-order valence-electron chi connectivity index (χ4n) is 2.16. The highest BCUT2D eigenvalue weighted by atomic mass is 16.3. The minimum Gasteiger partial charge on any atom is -0.508 e. The van der Waals surface area contributed by atoms with Crippen LogP contribution in [-0.2, 0) is 13.1 Å². The van der Waals surface area contributed by atoms with Gasteiger partial charge in [-0.05, 0) is 12.1 Å². The highest BCUT2D eigenvalue weighted by Crippen LogP contribution is 2.21. The van der Waals surface area contributed by atoms with E-state index < -0.39 is 0 Å². The van der Waals surface area contributed by atoms with E-state index in [4.69, 9.17) is 4.42 Å². The van der Waals surface area contributed by atoms with Crippen molar-refractivity contribution in [2.24, 2.45) is 0 Å². The number of phenolic OH excluding ortho intramolecular Hbond substituents is 1. The van der Waals surface area contributed by atoms with Gasteiger partial charge in [-0.15, -0.1) is 0 Å². The van der Waals surface area contributed by atoms with Crippen molar-refractivity contribution in [3.63, 3.8) is 0 Å². The Kier molecular flexibility index (Phi) is 3.21. The lowest BCUT2D eigenvalue weighted by Gasteiger charge is -2.05. The number of aromatic hydroxyl groups is 1. The smallest absolute Gasteiger partial charge is 0.134 e. The average molecular weight is 253 g/mol. The van der Waals surface area contributed by atoms with E-state index in [2.05, 4.69) is 11.4 Å². The maximum Gasteiger partial charge on any atom is 0.134 e. The van der Waals surface area contributed by atoms with Crippen molar-refractivity contribution in [2.45, 2.75) is 13.1 Å². The van der Waals surface area contributed by atoms with Gasteiger partial charge in [-0.1, -0.05) is 36.4 Å². The van der Waals surface area contributed by atoms with Gasteiger partial charge in [-0.25, -0.2) is 0 Å². The summed E-state index contributed by atoms with van der Waals surface area (Å²) in [5.41, 5.74) is 2.93. The lowest BCUT2D eigenvalue weighted by atomic mass is 10.1. The molecule has 0 unspecified atom stereocenters. The van der Waals surface area contributed by atoms with Gasteiger partial charge >= 0.3 is 0 Å². The maximum atomic E-state index is 9.68. The summed E-state index contributed by atoms with van der Waals surface area (Å²) >= 11 is 0. The largest absolute Gasteiger partial charge is 0.508 e. The Hall–Kier alpha value is -2.26. The molecule has 0 aliphatic rings. The standard InChI is InChI=1S/C16H15NO2/c18-15-7-3-1-5-12(15)9-17-10-13-11-19-16-8-4-2-6-14(13)16/h1-8,11,17-18H,9-10H2. The molecule has 19 heavy (non-hydrogen) atoms. The van der Waals surface area contributed by atoms with Crippen LogP contribution >= 0.6 is 0 Å². The van der Waals surface area contributed by atoms with Crippen molar-refractivity contribution < 1.29 is 9.52 Å². The van der Waals surface area contributed by atoms with E-state index in [-0.39, 0.29) is 0 Å². The molecule has 96 valence electrons. The third kappa shape index (κ3) is 2.46. The number of hydrogen-bond donors (Lipinski definition) is 2. The molecule has 3 heteroatoms. The summed E-state index contributed by atoms with van der Waals surface area (Å²) in [7, 11) is 0. The average Bonchev–Trinajstić information content (AvgIpc) is 2.85. The molecular formula is C16H15NO2. The predicted octanol–water partition coefficient (Wildman–Crippen LogP) is 3.43. The van der Waals surface area contributed by atoms with Crippen LogP contribution in [0.15, 0.2) is 59.2 Å². The van der Waals surface area contributed by atoms with Gasteiger partial charge in [0, 0.05) is 29.6 Å². The summed E-state index contributed by atoms with van der Waals surface area (Å²) < 4.78 is 5.49. The maximum absolute atomic E-state index is 9.68. The van der Waals surface area contributed by atoms with Crippen molar-refractivity contribution in [1.82, 2.24) is 5.32 Å². The van der Waals surface area contributed by atoms with Crippen molar-refractivity contribution in [3.8, 4) is 5.75 Å². The number of fused-ring (bicyclic) bond motifs is 1. The van der Waals surface area contributed by atoms with E-state index in [1.165, 1.54) is 0 Å². The van der Waals surface area contributed by atoms with Crippen LogP contribution in [0.5, 0.6) is 5.75 Å². The van der Waals surface area contributed by atoms with Gasteiger partial charge in [-0.2, -0.15) is 0 Å². The molecule has 0 amide bonds. The second kappa shape index (κ2) is 5.16. The molecule has 0 radical (unpaired) electrons. The van der Waals surface area contributed by atoms with Gasteiger partial charge < -0.3 is 14.8 Å². The van der Waals surface area contributed by atoms with Crippen molar-refractivity contribution in [1.29, 1.82) is 0 Å². The first kappa shape index (κ1) is 11.8. The molecular weight excluding hydrogens is 238 g/mol. The van der Waals surface area contributed by atoms with Crippen molar-refractivity contribution in [2.75, 3.05) is 0 Å². The molecule has 2 N–H and O–H groups in total. The third-order valence-electron chi connectivity index (χ3n) is 3.18. The second-order valence-electron chi connectivity index (χ2n) is 4.49. The van der Waals surface area contributed by atoms with Gasteiger partial charge in [0.1, 0.15) is 11.3 Å². The first-order valence-corrected chi connectivity index (χ1v) is 6.27. The minimum atomic E-state index is 0.326. The Morgan fingerprint density at radius 3 is 2.53 bits per heavy atom. The fourth-order valence-corrected chi connectivity index (χ4v) is 2.16. The van der Waals surface area contributed by atoms with Crippen LogP contribution < -0.4 is 5.32 Å². The van der Waals surface area contributed by atoms with Crippen LogP contribution in [-0.4, -0.2) is 5.11 Å². The van der Waals surface area contributed by atoms with E-state index in [9.17, 15) is 5.11 Å². The van der Waals surface area contributed by atoms with E-state index in [0.29, 0.717) is 18.8 Å². The van der Waals surface area contributed by atoms with Crippen LogP contribution in [0.2, 0.25) is 0 Å². The summed E-state index contributed by atoms with van der Waals surface area (Å²) in [5.74, 6) is 0.326. The van der Waals surface area contributed by atoms with Gasteiger partial charge in [-0.3, -0.25) is 0 Å². The Morgan fingerprint density at radius 2 is 1.63 bits per heavy atom. The lowest BCUT2D eigenvalue weighted by molar-refractivity contribution is 0.464. The number of benzene rings is 2. The summed E-state index contributed by atoms with van der Waals surface area (Å²) in [4.78, 5) is 0. The highest BCUT2D eigenvalue weighted by molar-refractivity contribution is 5.80. The van der Waals surface area contributed by atoms with Crippen LogP contribution in [0.1, 0.15) is 11.1 Å². The van der Waals surface area contributed by atoms with Gasteiger partial charge in [0.2, 0.25) is 0 Å². The Labute approximate surface area is 111 Å². The molecule has 1 heterocycles. The van der Waals surface area contributed by atoms with Crippen LogP contribution in [0.25, 0.3) is 11.0 Å². The number of hydrogen-bond acceptors (Lipinski definition) is 3. The molecule has 0 bridgehead atoms. The molecule has 1 aromatic heterocycles. The van der Waals surface area contributed by atoms with E-state index >= 15 is 0 Å². The van der Waals surface area contributed by atoms with E-state index in [1.807, 2.05) is 36.4 Å². The molecule has 0 aliphatic heterocycles. The second-order valence-corrected chi connectivity index (χ2v) is 4.49. The molecule has 0 saturated carbocycles. The van der Waals surface area contributed by atoms with Crippen LogP contribution in [0.4, 0.5) is 0 Å². The SMILES string of the molecule is Oc1ccccc1CNCc1coc2ccccc12. The Morgan fingerprint density at radius 1 is 0.895 bits per heavy atom. The van der Waals surface area contributed by atoms with Crippen molar-refractivity contribution in [3.05, 3.63) is 65.9 Å². The Balaban J connectivity index is 1.68. The van der Waals surface area contributed by atoms with Gasteiger partial charge in [0.25, 0.3) is 0 Å². The molecule has 2 aromatic carbocycles. The summed E-state index contributed by atoms with van der Waals surface area (Å²) in [6, 6.07) is 15.3. The zero-order valence-electron chi connectivity index (χ0n) is 10.5. The highest BCUT2D eigenvalue weighted by Gasteiger charge is 2.05. The molecule has 0 saturated heterocycles. The zero-order valence-corrected chi connectivity index (χ0v) is 10.5. The normalized spacial score (nSPS) is 10.9. The first-order valence-electron chi connectivity index (χ1n) is 6.27. The topological polar surface area (TPSA) is 45.4 Å². The summed E-state index contributed by atoms with van der Waals surface area (Å²) in [6.07, 6.45) is 1.78.